The molecule has 0 radical (unpaired) electrons. The van der Waals surface area contributed by atoms with Crippen molar-refractivity contribution in [3.05, 3.63) is 99.9 Å². The maximum absolute atomic E-state index is 13.3. The number of nitrogens with zero attached hydrogens (tertiary/aromatic N) is 1. The lowest BCUT2D eigenvalue weighted by atomic mass is 10.0. The summed E-state index contributed by atoms with van der Waals surface area (Å²) in [7, 11) is 0. The van der Waals surface area contributed by atoms with Crippen LogP contribution in [-0.2, 0) is 16.0 Å². The van der Waals surface area contributed by atoms with Crippen LogP contribution in [0, 0.1) is 0 Å². The van der Waals surface area contributed by atoms with Gasteiger partial charge in [-0.3, -0.25) is 10.1 Å². The predicted molar refractivity (Wildman–Crippen MR) is 154 cm³/mol. The average Bonchev–Trinajstić information content (AvgIpc) is 3.39. The maximum Gasteiger partial charge on any atom is 0.341 e. The third-order valence-electron chi connectivity index (χ3n) is 6.10. The molecule has 0 fully saturated rings. The molecule has 0 aliphatic carbocycles. The van der Waals surface area contributed by atoms with Gasteiger partial charge >= 0.3 is 5.97 Å². The number of anilines is 2. The first kappa shape index (κ1) is 27.4. The molecule has 196 valence electrons. The van der Waals surface area contributed by atoms with E-state index in [0.717, 1.165) is 17.7 Å². The molecule has 4 rings (SSSR count). The Morgan fingerprint density at radius 1 is 1.03 bits per heavy atom. The van der Waals surface area contributed by atoms with E-state index in [-0.39, 0.29) is 11.3 Å². The van der Waals surface area contributed by atoms with Gasteiger partial charge in [-0.2, -0.15) is 0 Å². The Morgan fingerprint density at radius 2 is 1.79 bits per heavy atom. The molecule has 3 aromatic carbocycles. The Labute approximate surface area is 231 Å². The SMILES string of the molecule is CCCCCCc1ccc(-c2csc(NC(=O)[C@H](OC(=O)c3ccc(Cl)cc3N)c3ccccc3)n2)cc1. The van der Waals surface area contributed by atoms with Gasteiger partial charge in [0.05, 0.1) is 11.3 Å². The molecule has 6 nitrogen and oxygen atoms in total. The maximum atomic E-state index is 13.3. The molecule has 0 spiro atoms. The van der Waals surface area contributed by atoms with Crippen LogP contribution in [0.5, 0.6) is 0 Å². The van der Waals surface area contributed by atoms with E-state index in [1.165, 1.54) is 54.7 Å². The lowest BCUT2D eigenvalue weighted by Gasteiger charge is -2.18. The average molecular weight is 548 g/mol. The van der Waals surface area contributed by atoms with E-state index in [9.17, 15) is 9.59 Å². The molecule has 1 heterocycles. The molecule has 1 atom stereocenters. The largest absolute Gasteiger partial charge is 0.444 e. The van der Waals surface area contributed by atoms with Crippen molar-refractivity contribution in [1.82, 2.24) is 4.98 Å². The third kappa shape index (κ3) is 7.21. The van der Waals surface area contributed by atoms with E-state index in [1.807, 2.05) is 11.4 Å². The van der Waals surface area contributed by atoms with Crippen LogP contribution in [0.25, 0.3) is 11.3 Å². The number of carbonyl (C=O) groups is 2. The Hall–Kier alpha value is -3.68. The van der Waals surface area contributed by atoms with Crippen molar-refractivity contribution >= 4 is 45.6 Å². The fraction of sp³-hybridized carbons (Fsp3) is 0.233. The zero-order valence-electron chi connectivity index (χ0n) is 21.2. The first-order valence-electron chi connectivity index (χ1n) is 12.6. The lowest BCUT2D eigenvalue weighted by Crippen LogP contribution is -2.26. The number of benzene rings is 3. The van der Waals surface area contributed by atoms with Crippen LogP contribution in [0.15, 0.2) is 78.2 Å². The van der Waals surface area contributed by atoms with Crippen LogP contribution in [0.4, 0.5) is 10.8 Å². The molecule has 0 saturated heterocycles. The van der Waals surface area contributed by atoms with Crippen LogP contribution in [0.2, 0.25) is 5.02 Å². The van der Waals surface area contributed by atoms with E-state index in [2.05, 4.69) is 41.5 Å². The van der Waals surface area contributed by atoms with Crippen LogP contribution < -0.4 is 11.1 Å². The highest BCUT2D eigenvalue weighted by Crippen LogP contribution is 2.28. The molecule has 3 N–H and O–H groups in total. The molecule has 1 amide bonds. The van der Waals surface area contributed by atoms with Crippen LogP contribution >= 0.6 is 22.9 Å². The van der Waals surface area contributed by atoms with Crippen molar-refractivity contribution in [3.8, 4) is 11.3 Å². The van der Waals surface area contributed by atoms with Crippen molar-refractivity contribution in [1.29, 1.82) is 0 Å². The summed E-state index contributed by atoms with van der Waals surface area (Å²) in [6.45, 7) is 2.21. The molecule has 1 aromatic heterocycles. The first-order valence-corrected chi connectivity index (χ1v) is 13.9. The van der Waals surface area contributed by atoms with Gasteiger partial charge < -0.3 is 10.5 Å². The number of carbonyl (C=O) groups excluding carboxylic acids is 2. The van der Waals surface area contributed by atoms with Crippen molar-refractivity contribution in [2.75, 3.05) is 11.1 Å². The minimum atomic E-state index is -1.20. The molecule has 0 aliphatic rings. The van der Waals surface area contributed by atoms with Gasteiger partial charge in [0.1, 0.15) is 0 Å². The lowest BCUT2D eigenvalue weighted by molar-refractivity contribution is -0.125. The van der Waals surface area contributed by atoms with Gasteiger partial charge in [-0.15, -0.1) is 11.3 Å². The summed E-state index contributed by atoms with van der Waals surface area (Å²) in [4.78, 5) is 30.8. The summed E-state index contributed by atoms with van der Waals surface area (Å²) in [5.74, 6) is -1.24. The molecule has 0 bridgehead atoms. The van der Waals surface area contributed by atoms with Crippen LogP contribution in [0.3, 0.4) is 0 Å². The number of nitrogens with one attached hydrogen (secondary N) is 1. The second-order valence-electron chi connectivity index (χ2n) is 8.96. The second-order valence-corrected chi connectivity index (χ2v) is 10.3. The van der Waals surface area contributed by atoms with Crippen molar-refractivity contribution in [2.45, 2.75) is 45.1 Å². The summed E-state index contributed by atoms with van der Waals surface area (Å²) in [5, 5.41) is 5.51. The van der Waals surface area contributed by atoms with E-state index >= 15 is 0 Å². The van der Waals surface area contributed by atoms with Crippen LogP contribution in [0.1, 0.15) is 60.2 Å². The molecule has 8 heteroatoms. The molecule has 0 aliphatic heterocycles. The van der Waals surface area contributed by atoms with Gasteiger partial charge in [-0.05, 0) is 36.6 Å². The number of hydrogen-bond acceptors (Lipinski definition) is 6. The summed E-state index contributed by atoms with van der Waals surface area (Å²) in [5.41, 5.74) is 9.83. The number of thiazole rings is 1. The van der Waals surface area contributed by atoms with Crippen molar-refractivity contribution < 1.29 is 14.3 Å². The number of aryl methyl sites for hydroxylation is 1. The summed E-state index contributed by atoms with van der Waals surface area (Å²) in [6.07, 6.45) is 4.81. The Morgan fingerprint density at radius 3 is 2.50 bits per heavy atom. The number of nitrogens with two attached hydrogens (primary N) is 1. The van der Waals surface area contributed by atoms with Gasteiger partial charge in [0.25, 0.3) is 5.91 Å². The number of nitrogen functional groups attached to an aromatic ring is 1. The molecule has 38 heavy (non-hydrogen) atoms. The van der Waals surface area contributed by atoms with Gasteiger partial charge in [0, 0.05) is 27.2 Å². The van der Waals surface area contributed by atoms with E-state index in [4.69, 9.17) is 22.1 Å². The van der Waals surface area contributed by atoms with E-state index < -0.39 is 18.0 Å². The minimum absolute atomic E-state index is 0.133. The summed E-state index contributed by atoms with van der Waals surface area (Å²) < 4.78 is 5.63. The van der Waals surface area contributed by atoms with Gasteiger partial charge in [-0.25, -0.2) is 9.78 Å². The van der Waals surface area contributed by atoms with Crippen molar-refractivity contribution in [3.63, 3.8) is 0 Å². The number of halogens is 1. The predicted octanol–water partition coefficient (Wildman–Crippen LogP) is 7.71. The number of ether oxygens (including phenoxy) is 1. The number of rotatable bonds is 11. The monoisotopic (exact) mass is 547 g/mol. The molecule has 4 aromatic rings. The van der Waals surface area contributed by atoms with Crippen LogP contribution in [-0.4, -0.2) is 16.9 Å². The highest BCUT2D eigenvalue weighted by atomic mass is 35.5. The Kier molecular flexibility index (Phi) is 9.51. The topological polar surface area (TPSA) is 94.3 Å². The molecule has 0 unspecified atom stereocenters. The molecular formula is C30H30ClN3O3S. The zero-order valence-corrected chi connectivity index (χ0v) is 22.7. The molecule has 0 saturated carbocycles. The number of unbranched alkanes of at least 4 members (excludes halogenated alkanes) is 3. The number of esters is 1. The number of hydrogen-bond donors (Lipinski definition) is 2. The number of amides is 1. The van der Waals surface area contributed by atoms with Crippen molar-refractivity contribution in [2.24, 2.45) is 0 Å². The van der Waals surface area contributed by atoms with Gasteiger partial charge in [0.2, 0.25) is 6.10 Å². The summed E-state index contributed by atoms with van der Waals surface area (Å²) >= 11 is 7.26. The molecular weight excluding hydrogens is 518 g/mol. The quantitative estimate of drug-likeness (QED) is 0.114. The third-order valence-corrected chi connectivity index (χ3v) is 7.09. The fourth-order valence-electron chi connectivity index (χ4n) is 4.02. The highest BCUT2D eigenvalue weighted by molar-refractivity contribution is 7.14. The Bertz CT molecular complexity index is 1370. The summed E-state index contributed by atoms with van der Waals surface area (Å²) in [6, 6.07) is 21.7. The number of aromatic nitrogens is 1. The fourth-order valence-corrected chi connectivity index (χ4v) is 4.93. The van der Waals surface area contributed by atoms with E-state index in [1.54, 1.807) is 30.3 Å². The standard InChI is InChI=1S/C30H30ClN3O3S/c1-2-3-4-6-9-20-12-14-21(15-13-20)26-19-38-30(33-26)34-28(35)27(22-10-7-5-8-11-22)37-29(36)24-17-16-23(31)18-25(24)32/h5,7-8,10-19,27H,2-4,6,9,32H2,1H3,(H,33,34,35)/t27-/m1/s1. The smallest absolute Gasteiger partial charge is 0.341 e. The normalized spacial score (nSPS) is 11.6. The zero-order chi connectivity index (χ0) is 26.9. The Balaban J connectivity index is 1.46. The first-order chi connectivity index (χ1) is 18.4. The van der Waals surface area contributed by atoms with Gasteiger partial charge in [0.15, 0.2) is 5.13 Å². The second kappa shape index (κ2) is 13.2. The van der Waals surface area contributed by atoms with Gasteiger partial charge in [-0.1, -0.05) is 92.4 Å². The minimum Gasteiger partial charge on any atom is -0.444 e. The van der Waals surface area contributed by atoms with E-state index in [0.29, 0.717) is 15.7 Å². The highest BCUT2D eigenvalue weighted by Gasteiger charge is 2.27.